The molecule has 0 spiro atoms. The van der Waals surface area contributed by atoms with Gasteiger partial charge in [0.2, 0.25) is 0 Å². The summed E-state index contributed by atoms with van der Waals surface area (Å²) in [5.41, 5.74) is 0. The molecule has 0 radical (unpaired) electrons. The zero-order valence-electron chi connectivity index (χ0n) is 9.63. The molecule has 0 saturated heterocycles. The van der Waals surface area contributed by atoms with E-state index in [-0.39, 0.29) is 0 Å². The molecule has 2 aromatic heterocycles. The molecule has 92 valence electrons. The number of thiophene rings is 1. The van der Waals surface area contributed by atoms with Crippen molar-refractivity contribution in [2.24, 2.45) is 7.05 Å². The number of hydrogen-bond donors (Lipinski definition) is 0. The highest BCUT2D eigenvalue weighted by atomic mass is 79.9. The summed E-state index contributed by atoms with van der Waals surface area (Å²) in [7, 11) is 3.96. The van der Waals surface area contributed by atoms with E-state index in [0.717, 1.165) is 15.8 Å². The fourth-order valence-corrected chi connectivity index (χ4v) is 3.18. The molecule has 0 fully saturated rings. The molecule has 17 heavy (non-hydrogen) atoms. The van der Waals surface area contributed by atoms with Crippen molar-refractivity contribution in [2.45, 2.75) is 13.2 Å². The van der Waals surface area contributed by atoms with Gasteiger partial charge in [0.05, 0.1) is 6.67 Å². The van der Waals surface area contributed by atoms with Crippen LogP contribution >= 0.6 is 39.5 Å². The molecular weight excluding hydrogens is 320 g/mol. The first-order valence-electron chi connectivity index (χ1n) is 5.06. The van der Waals surface area contributed by atoms with E-state index in [2.05, 4.69) is 44.4 Å². The molecule has 0 aromatic carbocycles. The predicted octanol–water partition coefficient (Wildman–Crippen LogP) is 2.86. The second-order valence-corrected chi connectivity index (χ2v) is 6.19. The average molecular weight is 333 g/mol. The van der Waals surface area contributed by atoms with Gasteiger partial charge in [-0.15, -0.1) is 11.3 Å². The Kier molecular flexibility index (Phi) is 4.13. The molecule has 2 heterocycles. The lowest BCUT2D eigenvalue weighted by Gasteiger charge is -2.15. The van der Waals surface area contributed by atoms with Crippen molar-refractivity contribution in [2.75, 3.05) is 7.05 Å². The number of rotatable bonds is 4. The van der Waals surface area contributed by atoms with Crippen LogP contribution in [-0.4, -0.2) is 26.3 Å². The first kappa shape index (κ1) is 12.9. The number of nitrogens with zero attached hydrogens (tertiary/aromatic N) is 4. The molecule has 0 aliphatic heterocycles. The minimum atomic E-state index is 0.704. The standard InChI is InChI=1S/C10H13BrN4S2/c1-13(4-9-3-8(11)5-17-9)7-15-10(16)14(2)6-12-15/h3,5-6H,4,7H2,1-2H3. The van der Waals surface area contributed by atoms with E-state index in [1.54, 1.807) is 17.7 Å². The fourth-order valence-electron chi connectivity index (χ4n) is 1.50. The quantitative estimate of drug-likeness (QED) is 0.805. The largest absolute Gasteiger partial charge is 0.310 e. The molecule has 0 aliphatic carbocycles. The van der Waals surface area contributed by atoms with E-state index in [1.165, 1.54) is 4.88 Å². The number of aromatic nitrogens is 3. The lowest BCUT2D eigenvalue weighted by Crippen LogP contribution is -2.22. The van der Waals surface area contributed by atoms with Crippen LogP contribution in [0.25, 0.3) is 0 Å². The van der Waals surface area contributed by atoms with Crippen LogP contribution in [0.15, 0.2) is 22.2 Å². The summed E-state index contributed by atoms with van der Waals surface area (Å²) in [6, 6.07) is 2.14. The third kappa shape index (κ3) is 3.25. The van der Waals surface area contributed by atoms with Gasteiger partial charge in [0.15, 0.2) is 4.77 Å². The van der Waals surface area contributed by atoms with E-state index in [9.17, 15) is 0 Å². The highest BCUT2D eigenvalue weighted by Crippen LogP contribution is 2.20. The summed E-state index contributed by atoms with van der Waals surface area (Å²) in [5, 5.41) is 6.32. The molecule has 0 aliphatic rings. The second kappa shape index (κ2) is 5.43. The Morgan fingerprint density at radius 1 is 1.59 bits per heavy atom. The summed E-state index contributed by atoms with van der Waals surface area (Å²) in [5.74, 6) is 0. The van der Waals surface area contributed by atoms with Crippen molar-refractivity contribution in [1.29, 1.82) is 0 Å². The van der Waals surface area contributed by atoms with Crippen LogP contribution < -0.4 is 0 Å². The third-order valence-electron chi connectivity index (χ3n) is 2.31. The molecule has 0 N–H and O–H groups in total. The summed E-state index contributed by atoms with van der Waals surface area (Å²) in [4.78, 5) is 3.50. The van der Waals surface area contributed by atoms with Crippen LogP contribution in [0.2, 0.25) is 0 Å². The normalized spacial score (nSPS) is 11.3. The average Bonchev–Trinajstić information content (AvgIpc) is 2.79. The Morgan fingerprint density at radius 2 is 2.35 bits per heavy atom. The molecule has 7 heteroatoms. The SMILES string of the molecule is CN(Cc1cc(Br)cs1)Cn1ncn(C)c1=S. The molecular formula is C10H13BrN4S2. The molecule has 2 rings (SSSR count). The highest BCUT2D eigenvalue weighted by Gasteiger charge is 2.05. The van der Waals surface area contributed by atoms with Crippen molar-refractivity contribution in [3.63, 3.8) is 0 Å². The lowest BCUT2D eigenvalue weighted by atomic mass is 10.4. The van der Waals surface area contributed by atoms with Gasteiger partial charge in [-0.05, 0) is 41.3 Å². The minimum absolute atomic E-state index is 0.704. The highest BCUT2D eigenvalue weighted by molar-refractivity contribution is 9.10. The third-order valence-corrected chi connectivity index (χ3v) is 4.49. The molecule has 0 atom stereocenters. The summed E-state index contributed by atoms with van der Waals surface area (Å²) >= 11 is 10.5. The number of halogens is 1. The van der Waals surface area contributed by atoms with E-state index >= 15 is 0 Å². The Bertz CT molecular complexity index is 557. The van der Waals surface area contributed by atoms with Gasteiger partial charge in [-0.1, -0.05) is 0 Å². The van der Waals surface area contributed by atoms with E-state index < -0.39 is 0 Å². The monoisotopic (exact) mass is 332 g/mol. The van der Waals surface area contributed by atoms with Gasteiger partial charge < -0.3 is 4.57 Å². The van der Waals surface area contributed by atoms with Crippen LogP contribution in [0, 0.1) is 4.77 Å². The van der Waals surface area contributed by atoms with E-state index in [0.29, 0.717) is 6.67 Å². The minimum Gasteiger partial charge on any atom is -0.310 e. The Labute approximate surface area is 118 Å². The molecule has 0 bridgehead atoms. The lowest BCUT2D eigenvalue weighted by molar-refractivity contribution is 0.246. The van der Waals surface area contributed by atoms with Crippen LogP contribution in [-0.2, 0) is 20.3 Å². The number of aryl methyl sites for hydroxylation is 1. The zero-order chi connectivity index (χ0) is 12.4. The summed E-state index contributed by atoms with van der Waals surface area (Å²) in [6.45, 7) is 1.60. The smallest absolute Gasteiger partial charge is 0.198 e. The van der Waals surface area contributed by atoms with Gasteiger partial charge in [0, 0.05) is 28.3 Å². The van der Waals surface area contributed by atoms with Gasteiger partial charge in [0.25, 0.3) is 0 Å². The Hall–Kier alpha value is -0.500. The maximum Gasteiger partial charge on any atom is 0.198 e. The maximum atomic E-state index is 5.25. The summed E-state index contributed by atoms with van der Waals surface area (Å²) < 4.78 is 5.53. The maximum absolute atomic E-state index is 5.25. The van der Waals surface area contributed by atoms with E-state index in [1.807, 2.05) is 16.3 Å². The van der Waals surface area contributed by atoms with Gasteiger partial charge in [0.1, 0.15) is 6.33 Å². The fraction of sp³-hybridized carbons (Fsp3) is 0.400. The van der Waals surface area contributed by atoms with Gasteiger partial charge in [-0.3, -0.25) is 4.90 Å². The van der Waals surface area contributed by atoms with Crippen LogP contribution in [0.5, 0.6) is 0 Å². The van der Waals surface area contributed by atoms with Crippen molar-refractivity contribution in [3.8, 4) is 0 Å². The zero-order valence-corrected chi connectivity index (χ0v) is 12.8. The second-order valence-electron chi connectivity index (χ2n) is 3.91. The Balaban J connectivity index is 2.00. The van der Waals surface area contributed by atoms with Crippen LogP contribution in [0.4, 0.5) is 0 Å². The van der Waals surface area contributed by atoms with Crippen molar-refractivity contribution < 1.29 is 0 Å². The summed E-state index contributed by atoms with van der Waals surface area (Å²) in [6.07, 6.45) is 1.73. The van der Waals surface area contributed by atoms with Gasteiger partial charge in [-0.25, -0.2) is 4.68 Å². The first-order chi connectivity index (χ1) is 8.06. The molecule has 2 aromatic rings. The Morgan fingerprint density at radius 3 is 2.88 bits per heavy atom. The van der Waals surface area contributed by atoms with Crippen LogP contribution in [0.3, 0.4) is 0 Å². The predicted molar refractivity (Wildman–Crippen MR) is 75.5 cm³/mol. The van der Waals surface area contributed by atoms with Gasteiger partial charge in [-0.2, -0.15) is 5.10 Å². The van der Waals surface area contributed by atoms with Crippen LogP contribution in [0.1, 0.15) is 4.88 Å². The number of hydrogen-bond acceptors (Lipinski definition) is 4. The molecule has 0 unspecified atom stereocenters. The van der Waals surface area contributed by atoms with E-state index in [4.69, 9.17) is 12.2 Å². The first-order valence-corrected chi connectivity index (χ1v) is 7.14. The van der Waals surface area contributed by atoms with Gasteiger partial charge >= 0.3 is 0 Å². The van der Waals surface area contributed by atoms with Crippen molar-refractivity contribution >= 4 is 39.5 Å². The topological polar surface area (TPSA) is 26.0 Å². The van der Waals surface area contributed by atoms with Crippen molar-refractivity contribution in [3.05, 3.63) is 31.9 Å². The molecule has 0 amide bonds. The van der Waals surface area contributed by atoms with Crippen molar-refractivity contribution in [1.82, 2.24) is 19.2 Å². The molecule has 4 nitrogen and oxygen atoms in total. The molecule has 0 saturated carbocycles.